The van der Waals surface area contributed by atoms with Crippen molar-refractivity contribution in [2.75, 3.05) is 5.32 Å². The summed E-state index contributed by atoms with van der Waals surface area (Å²) in [6, 6.07) is 15.9. The van der Waals surface area contributed by atoms with Crippen molar-refractivity contribution in [1.82, 2.24) is 0 Å². The third-order valence-corrected chi connectivity index (χ3v) is 2.44. The second-order valence-electron chi connectivity index (χ2n) is 3.73. The van der Waals surface area contributed by atoms with Crippen LogP contribution in [-0.4, -0.2) is 10.9 Å². The molecule has 2 aromatic carbocycles. The molecule has 18 heavy (non-hydrogen) atoms. The lowest BCUT2D eigenvalue weighted by Crippen LogP contribution is -1.95. The molecule has 0 aliphatic carbocycles. The predicted molar refractivity (Wildman–Crippen MR) is 71.6 cm³/mol. The summed E-state index contributed by atoms with van der Waals surface area (Å²) < 4.78 is 0. The highest BCUT2D eigenvalue weighted by molar-refractivity contribution is 6.04. The molecular weight excluding hydrogens is 226 g/mol. The Morgan fingerprint density at radius 1 is 1.00 bits per heavy atom. The number of rotatable bonds is 4. The van der Waals surface area contributed by atoms with Gasteiger partial charge in [0.15, 0.2) is 5.78 Å². The van der Waals surface area contributed by atoms with Crippen molar-refractivity contribution >= 4 is 11.5 Å². The number of carbonyl (C=O) groups is 1. The number of nitrogens with one attached hydrogen (secondary N) is 1. The van der Waals surface area contributed by atoms with Crippen LogP contribution in [0.3, 0.4) is 0 Å². The molecule has 90 valence electrons. The van der Waals surface area contributed by atoms with Gasteiger partial charge in [-0.05, 0) is 12.1 Å². The number of anilines is 1. The number of allylic oxidation sites excluding steroid dienone is 1. The number of phenols is 1. The van der Waals surface area contributed by atoms with E-state index in [9.17, 15) is 9.90 Å². The zero-order chi connectivity index (χ0) is 12.8. The molecule has 0 heterocycles. The van der Waals surface area contributed by atoms with Crippen LogP contribution in [0, 0.1) is 0 Å². The average Bonchev–Trinajstić information content (AvgIpc) is 2.42. The number of carbonyl (C=O) groups excluding carboxylic acids is 1. The maximum absolute atomic E-state index is 11.7. The Balaban J connectivity index is 2.01. The molecule has 0 aliphatic rings. The van der Waals surface area contributed by atoms with E-state index >= 15 is 0 Å². The summed E-state index contributed by atoms with van der Waals surface area (Å²) in [6.07, 6.45) is 2.95. The van der Waals surface area contributed by atoms with Crippen molar-refractivity contribution < 1.29 is 9.90 Å². The fourth-order valence-electron chi connectivity index (χ4n) is 1.50. The second kappa shape index (κ2) is 5.68. The number of hydrogen-bond donors (Lipinski definition) is 2. The predicted octanol–water partition coefficient (Wildman–Crippen LogP) is 3.20. The minimum Gasteiger partial charge on any atom is -0.506 e. The Kier molecular flexibility index (Phi) is 3.76. The maximum Gasteiger partial charge on any atom is 0.187 e. The lowest BCUT2D eigenvalue weighted by molar-refractivity contribution is 0.104. The Morgan fingerprint density at radius 3 is 2.39 bits per heavy atom. The van der Waals surface area contributed by atoms with Gasteiger partial charge in [-0.1, -0.05) is 42.5 Å². The van der Waals surface area contributed by atoms with Gasteiger partial charge >= 0.3 is 0 Å². The number of benzene rings is 2. The van der Waals surface area contributed by atoms with Gasteiger partial charge in [0.1, 0.15) is 5.75 Å². The SMILES string of the molecule is O=C(/C=C/Nc1ccccc1O)c1ccccc1. The third-order valence-electron chi connectivity index (χ3n) is 2.44. The first-order valence-electron chi connectivity index (χ1n) is 5.58. The topological polar surface area (TPSA) is 49.3 Å². The molecule has 0 atom stereocenters. The molecule has 3 nitrogen and oxygen atoms in total. The normalized spacial score (nSPS) is 10.4. The van der Waals surface area contributed by atoms with Crippen molar-refractivity contribution in [3.05, 3.63) is 72.4 Å². The van der Waals surface area contributed by atoms with Crippen LogP contribution in [0.25, 0.3) is 0 Å². The van der Waals surface area contributed by atoms with Crippen LogP contribution in [-0.2, 0) is 0 Å². The molecule has 2 aromatic rings. The first-order chi connectivity index (χ1) is 8.77. The first kappa shape index (κ1) is 11.9. The van der Waals surface area contributed by atoms with Crippen molar-refractivity contribution in [2.24, 2.45) is 0 Å². The van der Waals surface area contributed by atoms with Crippen molar-refractivity contribution in [2.45, 2.75) is 0 Å². The van der Waals surface area contributed by atoms with Crippen LogP contribution >= 0.6 is 0 Å². The fraction of sp³-hybridized carbons (Fsp3) is 0. The molecule has 2 N–H and O–H groups in total. The number of ketones is 1. The smallest absolute Gasteiger partial charge is 0.187 e. The fourth-order valence-corrected chi connectivity index (χ4v) is 1.50. The lowest BCUT2D eigenvalue weighted by Gasteiger charge is -2.02. The van der Waals surface area contributed by atoms with E-state index in [4.69, 9.17) is 0 Å². The van der Waals surface area contributed by atoms with Gasteiger partial charge in [0.05, 0.1) is 5.69 Å². The molecule has 0 aromatic heterocycles. The maximum atomic E-state index is 11.7. The molecule has 2 rings (SSSR count). The Hall–Kier alpha value is -2.55. The summed E-state index contributed by atoms with van der Waals surface area (Å²) >= 11 is 0. The summed E-state index contributed by atoms with van der Waals surface area (Å²) in [5.41, 5.74) is 1.20. The number of para-hydroxylation sites is 2. The van der Waals surface area contributed by atoms with Crippen LogP contribution < -0.4 is 5.32 Å². The molecule has 0 bridgehead atoms. The minimum absolute atomic E-state index is 0.0847. The molecule has 0 fully saturated rings. The summed E-state index contributed by atoms with van der Waals surface area (Å²) in [7, 11) is 0. The van der Waals surface area contributed by atoms with E-state index in [0.29, 0.717) is 11.3 Å². The molecule has 0 saturated heterocycles. The van der Waals surface area contributed by atoms with Gasteiger partial charge in [0, 0.05) is 17.8 Å². The van der Waals surface area contributed by atoms with Gasteiger partial charge in [-0.25, -0.2) is 0 Å². The summed E-state index contributed by atoms with van der Waals surface area (Å²) in [6.45, 7) is 0. The van der Waals surface area contributed by atoms with Crippen molar-refractivity contribution in [1.29, 1.82) is 0 Å². The van der Waals surface area contributed by atoms with Crippen LogP contribution in [0.4, 0.5) is 5.69 Å². The number of phenolic OH excluding ortho intramolecular Hbond substituents is 1. The second-order valence-corrected chi connectivity index (χ2v) is 3.73. The molecule has 0 saturated carbocycles. The van der Waals surface area contributed by atoms with Crippen molar-refractivity contribution in [3.63, 3.8) is 0 Å². The largest absolute Gasteiger partial charge is 0.506 e. The zero-order valence-corrected chi connectivity index (χ0v) is 9.71. The van der Waals surface area contributed by atoms with E-state index in [1.54, 1.807) is 36.4 Å². The Bertz CT molecular complexity index is 562. The molecule has 0 aliphatic heterocycles. The van der Waals surface area contributed by atoms with E-state index in [1.165, 1.54) is 12.3 Å². The quantitative estimate of drug-likeness (QED) is 0.489. The Morgan fingerprint density at radius 2 is 1.67 bits per heavy atom. The minimum atomic E-state index is -0.0847. The van der Waals surface area contributed by atoms with Gasteiger partial charge in [-0.3, -0.25) is 4.79 Å². The van der Waals surface area contributed by atoms with Crippen LogP contribution in [0.1, 0.15) is 10.4 Å². The molecule has 3 heteroatoms. The number of hydrogen-bond acceptors (Lipinski definition) is 3. The summed E-state index contributed by atoms with van der Waals surface area (Å²) in [5, 5.41) is 12.4. The monoisotopic (exact) mass is 239 g/mol. The molecule has 0 amide bonds. The highest BCUT2D eigenvalue weighted by Gasteiger charge is 1.99. The van der Waals surface area contributed by atoms with E-state index in [-0.39, 0.29) is 11.5 Å². The summed E-state index contributed by atoms with van der Waals surface area (Å²) in [5.74, 6) is 0.0628. The van der Waals surface area contributed by atoms with Gasteiger partial charge in [0.25, 0.3) is 0 Å². The standard InChI is InChI=1S/C15H13NO2/c17-14(12-6-2-1-3-7-12)10-11-16-13-8-4-5-9-15(13)18/h1-11,16,18H/b11-10+. The van der Waals surface area contributed by atoms with Crippen LogP contribution in [0.5, 0.6) is 5.75 Å². The average molecular weight is 239 g/mol. The molecule has 0 radical (unpaired) electrons. The van der Waals surface area contributed by atoms with Gasteiger partial charge in [0.2, 0.25) is 0 Å². The number of aromatic hydroxyl groups is 1. The summed E-state index contributed by atoms with van der Waals surface area (Å²) in [4.78, 5) is 11.7. The van der Waals surface area contributed by atoms with Crippen molar-refractivity contribution in [3.8, 4) is 5.75 Å². The van der Waals surface area contributed by atoms with Crippen LogP contribution in [0.2, 0.25) is 0 Å². The lowest BCUT2D eigenvalue weighted by atomic mass is 10.1. The van der Waals surface area contributed by atoms with Gasteiger partial charge in [-0.15, -0.1) is 0 Å². The van der Waals surface area contributed by atoms with E-state index in [0.717, 1.165) is 0 Å². The van der Waals surface area contributed by atoms with E-state index in [2.05, 4.69) is 5.32 Å². The molecule has 0 spiro atoms. The van der Waals surface area contributed by atoms with Crippen LogP contribution in [0.15, 0.2) is 66.9 Å². The Labute approximate surface area is 105 Å². The molecule has 0 unspecified atom stereocenters. The van der Waals surface area contributed by atoms with Gasteiger partial charge in [-0.2, -0.15) is 0 Å². The molecular formula is C15H13NO2. The van der Waals surface area contributed by atoms with Gasteiger partial charge < -0.3 is 10.4 Å². The third kappa shape index (κ3) is 2.98. The zero-order valence-electron chi connectivity index (χ0n) is 9.71. The van der Waals surface area contributed by atoms with E-state index < -0.39 is 0 Å². The first-order valence-corrected chi connectivity index (χ1v) is 5.58. The highest BCUT2D eigenvalue weighted by Crippen LogP contribution is 2.21. The highest BCUT2D eigenvalue weighted by atomic mass is 16.3. The van der Waals surface area contributed by atoms with E-state index in [1.807, 2.05) is 18.2 Å².